The Morgan fingerprint density at radius 1 is 0.917 bits per heavy atom. The molecule has 8 N–H and O–H groups in total. The zero-order valence-corrected chi connectivity index (χ0v) is 13.9. The summed E-state index contributed by atoms with van der Waals surface area (Å²) in [5, 5.41) is 70.1. The molecule has 24 heavy (non-hydrogen) atoms. The Morgan fingerprint density at radius 3 is 2.12 bits per heavy atom. The third kappa shape index (κ3) is 3.86. The summed E-state index contributed by atoms with van der Waals surface area (Å²) >= 11 is 0.979. The average Bonchev–Trinajstić information content (AvgIpc) is 2.58. The standard InChI is InChI=1S/C13H25NO9S/c1-22-13-9(19)6(7(17)4(2-15)23-13)14-12-11(21)10(20)8(18)5(3-16)24-12/h4-21H,2-3H2,1H3/t4-,5-,6+,7-,8-,9+,10+,11+,12-,13+/m1/s1. The lowest BCUT2D eigenvalue weighted by atomic mass is 9.95. The molecule has 2 saturated heterocycles. The van der Waals surface area contributed by atoms with Gasteiger partial charge in [-0.25, -0.2) is 0 Å². The predicted molar refractivity (Wildman–Crippen MR) is 82.0 cm³/mol. The lowest BCUT2D eigenvalue weighted by Gasteiger charge is -2.46. The Kier molecular flexibility index (Phi) is 7.22. The van der Waals surface area contributed by atoms with E-state index >= 15 is 0 Å². The maximum absolute atomic E-state index is 10.3. The molecule has 2 fully saturated rings. The van der Waals surface area contributed by atoms with Crippen LogP contribution in [0.1, 0.15) is 0 Å². The van der Waals surface area contributed by atoms with Crippen LogP contribution < -0.4 is 5.32 Å². The van der Waals surface area contributed by atoms with Gasteiger partial charge >= 0.3 is 0 Å². The highest BCUT2D eigenvalue weighted by molar-refractivity contribution is 8.00. The van der Waals surface area contributed by atoms with E-state index in [1.54, 1.807) is 0 Å². The van der Waals surface area contributed by atoms with Gasteiger partial charge in [0, 0.05) is 7.11 Å². The van der Waals surface area contributed by atoms with Crippen LogP contribution in [0, 0.1) is 0 Å². The van der Waals surface area contributed by atoms with E-state index in [4.69, 9.17) is 9.47 Å². The lowest BCUT2D eigenvalue weighted by molar-refractivity contribution is -0.272. The van der Waals surface area contributed by atoms with Crippen molar-refractivity contribution in [2.75, 3.05) is 20.3 Å². The van der Waals surface area contributed by atoms with Gasteiger partial charge < -0.3 is 45.2 Å². The van der Waals surface area contributed by atoms with Gasteiger partial charge in [0.2, 0.25) is 0 Å². The topological polar surface area (TPSA) is 172 Å². The zero-order chi connectivity index (χ0) is 18.0. The summed E-state index contributed by atoms with van der Waals surface area (Å²) in [5.41, 5.74) is 0. The van der Waals surface area contributed by atoms with Gasteiger partial charge in [-0.05, 0) is 0 Å². The first-order valence-electron chi connectivity index (χ1n) is 7.57. The first kappa shape index (κ1) is 20.3. The molecule has 0 aromatic heterocycles. The molecular formula is C13H25NO9S. The van der Waals surface area contributed by atoms with E-state index in [0.717, 1.165) is 11.8 Å². The van der Waals surface area contributed by atoms with Gasteiger partial charge in [0.1, 0.15) is 30.5 Å². The van der Waals surface area contributed by atoms with Crippen LogP contribution >= 0.6 is 11.8 Å². The van der Waals surface area contributed by atoms with E-state index in [1.165, 1.54) is 7.11 Å². The molecule has 2 aliphatic rings. The van der Waals surface area contributed by atoms with E-state index in [2.05, 4.69) is 5.32 Å². The van der Waals surface area contributed by atoms with E-state index in [1.807, 2.05) is 0 Å². The molecule has 2 rings (SSSR count). The molecular weight excluding hydrogens is 346 g/mol. The third-order valence-electron chi connectivity index (χ3n) is 4.37. The fraction of sp³-hybridized carbons (Fsp3) is 1.00. The van der Waals surface area contributed by atoms with Crippen molar-refractivity contribution in [2.24, 2.45) is 0 Å². The molecule has 2 aliphatic heterocycles. The number of hydrogen-bond donors (Lipinski definition) is 8. The minimum absolute atomic E-state index is 0.424. The first-order valence-corrected chi connectivity index (χ1v) is 8.51. The van der Waals surface area contributed by atoms with Crippen LogP contribution in [0.3, 0.4) is 0 Å². The minimum atomic E-state index is -1.50. The quantitative estimate of drug-likeness (QED) is 0.234. The molecule has 0 spiro atoms. The monoisotopic (exact) mass is 371 g/mol. The largest absolute Gasteiger partial charge is 0.395 e. The summed E-state index contributed by atoms with van der Waals surface area (Å²) in [5.74, 6) is 0. The van der Waals surface area contributed by atoms with E-state index < -0.39 is 72.8 Å². The maximum atomic E-state index is 10.3. The van der Waals surface area contributed by atoms with Crippen LogP contribution in [0.15, 0.2) is 0 Å². The number of thioether (sulfide) groups is 1. The molecule has 2 heterocycles. The second kappa shape index (κ2) is 8.56. The molecule has 0 radical (unpaired) electrons. The summed E-state index contributed by atoms with van der Waals surface area (Å²) in [6.07, 6.45) is -8.93. The van der Waals surface area contributed by atoms with Crippen molar-refractivity contribution in [1.29, 1.82) is 0 Å². The summed E-state index contributed by atoms with van der Waals surface area (Å²) < 4.78 is 10.2. The van der Waals surface area contributed by atoms with Crippen LogP contribution in [0.25, 0.3) is 0 Å². The van der Waals surface area contributed by atoms with Crippen molar-refractivity contribution in [3.63, 3.8) is 0 Å². The smallest absolute Gasteiger partial charge is 0.185 e. The van der Waals surface area contributed by atoms with Crippen molar-refractivity contribution < 1.29 is 45.2 Å². The minimum Gasteiger partial charge on any atom is -0.395 e. The van der Waals surface area contributed by atoms with Crippen molar-refractivity contribution in [2.45, 2.75) is 59.6 Å². The van der Waals surface area contributed by atoms with E-state index in [-0.39, 0.29) is 0 Å². The molecule has 0 aromatic rings. The van der Waals surface area contributed by atoms with Crippen LogP contribution in [-0.2, 0) is 9.47 Å². The second-order valence-corrected chi connectivity index (χ2v) is 7.27. The molecule has 10 atom stereocenters. The highest BCUT2D eigenvalue weighted by Crippen LogP contribution is 2.33. The Morgan fingerprint density at radius 2 is 1.58 bits per heavy atom. The summed E-state index contributed by atoms with van der Waals surface area (Å²) in [4.78, 5) is 0. The van der Waals surface area contributed by atoms with Crippen molar-refractivity contribution in [3.05, 3.63) is 0 Å². The maximum Gasteiger partial charge on any atom is 0.185 e. The molecule has 0 amide bonds. The van der Waals surface area contributed by atoms with Gasteiger partial charge in [-0.3, -0.25) is 5.32 Å². The van der Waals surface area contributed by atoms with Gasteiger partial charge in [-0.1, -0.05) is 0 Å². The van der Waals surface area contributed by atoms with Gasteiger partial charge in [0.25, 0.3) is 0 Å². The highest BCUT2D eigenvalue weighted by atomic mass is 32.2. The Bertz CT molecular complexity index is 388. The van der Waals surface area contributed by atoms with Crippen molar-refractivity contribution in [3.8, 4) is 0 Å². The third-order valence-corrected chi connectivity index (χ3v) is 5.85. The van der Waals surface area contributed by atoms with Gasteiger partial charge in [0.05, 0.1) is 36.0 Å². The van der Waals surface area contributed by atoms with Crippen molar-refractivity contribution >= 4 is 11.8 Å². The number of rotatable bonds is 5. The number of hydrogen-bond acceptors (Lipinski definition) is 11. The van der Waals surface area contributed by atoms with E-state index in [9.17, 15) is 35.7 Å². The Hall–Kier alpha value is -0.0500. The van der Waals surface area contributed by atoms with Crippen LogP contribution in [0.2, 0.25) is 0 Å². The summed E-state index contributed by atoms with van der Waals surface area (Å²) in [6.45, 7) is -0.931. The van der Waals surface area contributed by atoms with E-state index in [0.29, 0.717) is 0 Å². The zero-order valence-electron chi connectivity index (χ0n) is 13.0. The number of aliphatic hydroxyl groups is 7. The summed E-state index contributed by atoms with van der Waals surface area (Å²) in [6, 6.07) is -1.03. The molecule has 142 valence electrons. The van der Waals surface area contributed by atoms with Gasteiger partial charge in [-0.15, -0.1) is 11.8 Å². The van der Waals surface area contributed by atoms with Gasteiger partial charge in [0.15, 0.2) is 6.29 Å². The Balaban J connectivity index is 2.14. The predicted octanol–water partition coefficient (Wildman–Crippen LogP) is -4.45. The molecule has 0 aromatic carbocycles. The number of ether oxygens (including phenoxy) is 2. The SMILES string of the molecule is CO[C@H]1O[C@H](CO)[C@@H](O)[C@H](N[C@@H]2S[C@H](CO)[C@@H](O)[C@H](O)[C@@H]2O)[C@@H]1O. The normalized spacial score (nSPS) is 50.0. The van der Waals surface area contributed by atoms with Gasteiger partial charge in [-0.2, -0.15) is 0 Å². The summed E-state index contributed by atoms with van der Waals surface area (Å²) in [7, 11) is 1.29. The van der Waals surface area contributed by atoms with Crippen LogP contribution in [-0.4, -0.2) is 116 Å². The molecule has 10 nitrogen and oxygen atoms in total. The molecule has 0 saturated carbocycles. The lowest BCUT2D eigenvalue weighted by Crippen LogP contribution is -2.68. The first-order chi connectivity index (χ1) is 11.3. The van der Waals surface area contributed by atoms with Crippen LogP contribution in [0.4, 0.5) is 0 Å². The Labute approximate surface area is 143 Å². The molecule has 11 heteroatoms. The number of aliphatic hydroxyl groups excluding tert-OH is 7. The average molecular weight is 371 g/mol. The molecule has 0 unspecified atom stereocenters. The second-order valence-electron chi connectivity index (χ2n) is 5.88. The molecule has 0 aliphatic carbocycles. The molecule has 0 bridgehead atoms. The fourth-order valence-corrected chi connectivity index (χ4v) is 4.25. The van der Waals surface area contributed by atoms with Crippen molar-refractivity contribution in [1.82, 2.24) is 5.32 Å². The van der Waals surface area contributed by atoms with Crippen LogP contribution in [0.5, 0.6) is 0 Å². The number of nitrogens with one attached hydrogen (secondary N) is 1. The number of methoxy groups -OCH3 is 1. The fourth-order valence-electron chi connectivity index (χ4n) is 2.91. The highest BCUT2D eigenvalue weighted by Gasteiger charge is 2.49.